The lowest BCUT2D eigenvalue weighted by molar-refractivity contribution is -0.122. The Kier molecular flexibility index (Phi) is 11.8. The first-order valence-corrected chi connectivity index (χ1v) is 16.3. The van der Waals surface area contributed by atoms with Crippen LogP contribution in [0.25, 0.3) is 6.08 Å². The van der Waals surface area contributed by atoms with Gasteiger partial charge >= 0.3 is 6.03 Å². The van der Waals surface area contributed by atoms with Gasteiger partial charge in [-0.25, -0.2) is 9.69 Å². The Balaban J connectivity index is 1.36. The van der Waals surface area contributed by atoms with Crippen LogP contribution in [-0.4, -0.2) is 45.3 Å². The van der Waals surface area contributed by atoms with Crippen molar-refractivity contribution < 1.29 is 42.8 Å². The average molecular weight is 701 g/mol. The van der Waals surface area contributed by atoms with Crippen LogP contribution in [0.2, 0.25) is 5.02 Å². The Morgan fingerprint density at radius 1 is 0.720 bits per heavy atom. The quantitative estimate of drug-likeness (QED) is 0.100. The third-order valence-electron chi connectivity index (χ3n) is 7.46. The molecule has 0 saturated carbocycles. The highest BCUT2D eigenvalue weighted by Gasteiger charge is 2.37. The molecule has 50 heavy (non-hydrogen) atoms. The van der Waals surface area contributed by atoms with Crippen LogP contribution in [0.4, 0.5) is 10.5 Å². The van der Waals surface area contributed by atoms with Crippen LogP contribution in [0.5, 0.6) is 34.5 Å². The standard InChI is InChI=1S/C38H37ClN2O9/c1-5-16-48-30-15-13-27(21-33(30)46-4)41-37(43)28(36(42)40-38(41)44)17-26-18-29(39)35(34(20-26)47-6-2)50-23-25-12-14-31(32(19-25)45-3)49-22-24-10-8-7-9-11-24/h7-15,17-21H,5-6,16,22-23H2,1-4H3,(H,40,42,44)/b28-17-. The number of anilines is 1. The molecular weight excluding hydrogens is 664 g/mol. The lowest BCUT2D eigenvalue weighted by Gasteiger charge is -2.27. The minimum atomic E-state index is -0.898. The second-order valence-electron chi connectivity index (χ2n) is 11.0. The molecule has 1 heterocycles. The normalized spacial score (nSPS) is 13.6. The fourth-order valence-corrected chi connectivity index (χ4v) is 5.35. The minimum Gasteiger partial charge on any atom is -0.493 e. The van der Waals surface area contributed by atoms with E-state index in [4.69, 9.17) is 40.0 Å². The van der Waals surface area contributed by atoms with E-state index < -0.39 is 17.8 Å². The number of benzene rings is 4. The van der Waals surface area contributed by atoms with Crippen molar-refractivity contribution in [3.8, 4) is 34.5 Å². The van der Waals surface area contributed by atoms with Crippen molar-refractivity contribution in [2.45, 2.75) is 33.5 Å². The summed E-state index contributed by atoms with van der Waals surface area (Å²) in [7, 11) is 3.02. The van der Waals surface area contributed by atoms with E-state index in [2.05, 4.69) is 5.32 Å². The van der Waals surface area contributed by atoms with Crippen molar-refractivity contribution in [2.75, 3.05) is 32.3 Å². The molecule has 12 heteroatoms. The molecule has 0 aromatic heterocycles. The topological polar surface area (TPSA) is 122 Å². The molecular formula is C38H37ClN2O9. The molecule has 1 fully saturated rings. The molecule has 0 atom stereocenters. The molecule has 0 aliphatic carbocycles. The first-order chi connectivity index (χ1) is 24.3. The van der Waals surface area contributed by atoms with Crippen LogP contribution in [0.15, 0.2) is 84.4 Å². The van der Waals surface area contributed by atoms with E-state index in [1.165, 1.54) is 31.4 Å². The Bertz CT molecular complexity index is 1900. The predicted octanol–water partition coefficient (Wildman–Crippen LogP) is 7.37. The summed E-state index contributed by atoms with van der Waals surface area (Å²) in [5.74, 6) is 0.797. The van der Waals surface area contributed by atoms with Crippen molar-refractivity contribution in [3.05, 3.63) is 106 Å². The van der Waals surface area contributed by atoms with Crippen LogP contribution in [-0.2, 0) is 22.8 Å². The number of methoxy groups -OCH3 is 2. The number of imide groups is 2. The summed E-state index contributed by atoms with van der Waals surface area (Å²) < 4.78 is 34.6. The highest BCUT2D eigenvalue weighted by Crippen LogP contribution is 2.39. The number of nitrogens with zero attached hydrogens (tertiary/aromatic N) is 1. The number of halogens is 1. The molecule has 260 valence electrons. The largest absolute Gasteiger partial charge is 0.493 e. The fourth-order valence-electron chi connectivity index (χ4n) is 5.07. The molecule has 4 aromatic carbocycles. The Labute approximate surface area is 295 Å². The second-order valence-corrected chi connectivity index (χ2v) is 11.4. The van der Waals surface area contributed by atoms with Crippen LogP contribution < -0.4 is 38.6 Å². The van der Waals surface area contributed by atoms with Gasteiger partial charge < -0.3 is 28.4 Å². The first-order valence-electron chi connectivity index (χ1n) is 15.9. The highest BCUT2D eigenvalue weighted by atomic mass is 35.5. The Hall–Kier alpha value is -5.68. The summed E-state index contributed by atoms with van der Waals surface area (Å²) in [6.45, 7) is 5.03. The summed E-state index contributed by atoms with van der Waals surface area (Å²) in [5, 5.41) is 2.41. The third kappa shape index (κ3) is 8.30. The number of rotatable bonds is 15. The summed E-state index contributed by atoms with van der Waals surface area (Å²) in [4.78, 5) is 40.2. The van der Waals surface area contributed by atoms with E-state index in [0.29, 0.717) is 47.5 Å². The van der Waals surface area contributed by atoms with Crippen LogP contribution >= 0.6 is 11.6 Å². The summed E-state index contributed by atoms with van der Waals surface area (Å²) >= 11 is 6.69. The number of carbonyl (C=O) groups excluding carboxylic acids is 3. The van der Waals surface area contributed by atoms with E-state index in [0.717, 1.165) is 22.4 Å². The minimum absolute atomic E-state index is 0.124. The van der Waals surface area contributed by atoms with Gasteiger partial charge in [-0.1, -0.05) is 54.9 Å². The molecule has 11 nitrogen and oxygen atoms in total. The zero-order valence-electron chi connectivity index (χ0n) is 28.1. The molecule has 5 rings (SSSR count). The van der Waals surface area contributed by atoms with Crippen molar-refractivity contribution in [3.63, 3.8) is 0 Å². The second kappa shape index (κ2) is 16.6. The lowest BCUT2D eigenvalue weighted by atomic mass is 10.1. The zero-order chi connectivity index (χ0) is 35.6. The van der Waals surface area contributed by atoms with Gasteiger partial charge in [0.25, 0.3) is 11.8 Å². The SMILES string of the molecule is CCCOc1ccc(N2C(=O)NC(=O)/C(=C/c3cc(Cl)c(OCc4ccc(OCc5ccccc5)c(OC)c4)c(OCC)c3)C2=O)cc1OC. The molecule has 4 aromatic rings. The van der Waals surface area contributed by atoms with Gasteiger partial charge in [-0.3, -0.25) is 14.9 Å². The first kappa shape index (κ1) is 35.6. The van der Waals surface area contributed by atoms with Gasteiger partial charge in [0.05, 0.1) is 38.1 Å². The lowest BCUT2D eigenvalue weighted by Crippen LogP contribution is -2.54. The van der Waals surface area contributed by atoms with Crippen molar-refractivity contribution in [1.82, 2.24) is 5.32 Å². The number of nitrogens with one attached hydrogen (secondary N) is 1. The van der Waals surface area contributed by atoms with Crippen molar-refractivity contribution in [2.24, 2.45) is 0 Å². The van der Waals surface area contributed by atoms with Crippen LogP contribution in [0.3, 0.4) is 0 Å². The van der Waals surface area contributed by atoms with Crippen molar-refractivity contribution >= 4 is 41.2 Å². The number of urea groups is 1. The van der Waals surface area contributed by atoms with Gasteiger partial charge in [-0.05, 0) is 72.5 Å². The predicted molar refractivity (Wildman–Crippen MR) is 189 cm³/mol. The number of amides is 4. The van der Waals surface area contributed by atoms with E-state index in [-0.39, 0.29) is 35.2 Å². The summed E-state index contributed by atoms with van der Waals surface area (Å²) in [6, 6.07) is 22.2. The molecule has 1 aliphatic heterocycles. The fraction of sp³-hybridized carbons (Fsp3) is 0.237. The maximum absolute atomic E-state index is 13.6. The van der Waals surface area contributed by atoms with E-state index in [9.17, 15) is 14.4 Å². The van der Waals surface area contributed by atoms with Gasteiger partial charge in [0.15, 0.2) is 34.5 Å². The molecule has 1 N–H and O–H groups in total. The van der Waals surface area contributed by atoms with Gasteiger partial charge in [0.2, 0.25) is 0 Å². The van der Waals surface area contributed by atoms with Gasteiger partial charge in [0.1, 0.15) is 18.8 Å². The van der Waals surface area contributed by atoms with Crippen molar-refractivity contribution in [1.29, 1.82) is 0 Å². The molecule has 1 saturated heterocycles. The molecule has 0 bridgehead atoms. The van der Waals surface area contributed by atoms with Gasteiger partial charge in [-0.2, -0.15) is 0 Å². The third-order valence-corrected chi connectivity index (χ3v) is 7.74. The number of carbonyl (C=O) groups is 3. The Morgan fingerprint density at radius 3 is 2.14 bits per heavy atom. The zero-order valence-corrected chi connectivity index (χ0v) is 28.9. The van der Waals surface area contributed by atoms with E-state index in [1.807, 2.05) is 55.5 Å². The monoisotopic (exact) mass is 700 g/mol. The van der Waals surface area contributed by atoms with Crippen LogP contribution in [0, 0.1) is 0 Å². The maximum atomic E-state index is 13.6. The molecule has 4 amide bonds. The van der Waals surface area contributed by atoms with E-state index >= 15 is 0 Å². The summed E-state index contributed by atoms with van der Waals surface area (Å²) in [6.07, 6.45) is 2.12. The molecule has 0 radical (unpaired) electrons. The van der Waals surface area contributed by atoms with Crippen LogP contribution in [0.1, 0.15) is 37.0 Å². The maximum Gasteiger partial charge on any atom is 0.335 e. The number of hydrogen-bond acceptors (Lipinski definition) is 9. The number of ether oxygens (including phenoxy) is 6. The van der Waals surface area contributed by atoms with Gasteiger partial charge in [-0.15, -0.1) is 0 Å². The number of barbiturate groups is 1. The Morgan fingerprint density at radius 2 is 1.42 bits per heavy atom. The summed E-state index contributed by atoms with van der Waals surface area (Å²) in [5.41, 5.74) is 2.09. The molecule has 1 aliphatic rings. The average Bonchev–Trinajstić information content (AvgIpc) is 3.12. The molecule has 0 spiro atoms. The highest BCUT2D eigenvalue weighted by molar-refractivity contribution is 6.39. The smallest absolute Gasteiger partial charge is 0.335 e. The van der Waals surface area contributed by atoms with Gasteiger partial charge in [0, 0.05) is 6.07 Å². The molecule has 0 unspecified atom stereocenters. The van der Waals surface area contributed by atoms with E-state index in [1.54, 1.807) is 26.2 Å². The number of hydrogen-bond donors (Lipinski definition) is 1.